The SMILES string of the molecule is CC(C)C[C@H](CNC(=O)/C=C\c1ccncc1)N(C)C. The van der Waals surface area contributed by atoms with Gasteiger partial charge in [0.15, 0.2) is 0 Å². The van der Waals surface area contributed by atoms with Crippen LogP contribution in [0.3, 0.4) is 0 Å². The van der Waals surface area contributed by atoms with Gasteiger partial charge in [-0.25, -0.2) is 0 Å². The van der Waals surface area contributed by atoms with E-state index in [0.717, 1.165) is 12.0 Å². The van der Waals surface area contributed by atoms with Crippen LogP contribution in [0, 0.1) is 5.92 Å². The van der Waals surface area contributed by atoms with Crippen molar-refractivity contribution in [2.45, 2.75) is 26.3 Å². The minimum atomic E-state index is -0.0579. The predicted molar refractivity (Wildman–Crippen MR) is 83.2 cm³/mol. The minimum absolute atomic E-state index is 0.0579. The van der Waals surface area contributed by atoms with Crippen LogP contribution in [0.1, 0.15) is 25.8 Å². The zero-order valence-corrected chi connectivity index (χ0v) is 12.8. The molecule has 1 amide bonds. The topological polar surface area (TPSA) is 45.2 Å². The van der Waals surface area contributed by atoms with Crippen LogP contribution in [0.5, 0.6) is 0 Å². The second-order valence-electron chi connectivity index (χ2n) is 5.61. The molecule has 1 atom stereocenters. The van der Waals surface area contributed by atoms with Crippen molar-refractivity contribution in [2.75, 3.05) is 20.6 Å². The third kappa shape index (κ3) is 6.48. The molecule has 1 N–H and O–H groups in total. The van der Waals surface area contributed by atoms with Gasteiger partial charge in [-0.3, -0.25) is 9.78 Å². The minimum Gasteiger partial charge on any atom is -0.351 e. The van der Waals surface area contributed by atoms with Crippen molar-refractivity contribution >= 4 is 12.0 Å². The first kappa shape index (κ1) is 16.4. The van der Waals surface area contributed by atoms with Crippen LogP contribution >= 0.6 is 0 Å². The molecule has 4 heteroatoms. The maximum atomic E-state index is 11.8. The third-order valence-electron chi connectivity index (χ3n) is 3.12. The number of hydrogen-bond donors (Lipinski definition) is 1. The van der Waals surface area contributed by atoms with E-state index in [4.69, 9.17) is 0 Å². The molecule has 0 unspecified atom stereocenters. The van der Waals surface area contributed by atoms with Crippen LogP contribution in [-0.4, -0.2) is 42.5 Å². The normalized spacial score (nSPS) is 13.1. The molecule has 1 rings (SSSR count). The molecule has 20 heavy (non-hydrogen) atoms. The first-order valence-corrected chi connectivity index (χ1v) is 7.01. The molecule has 4 nitrogen and oxygen atoms in total. The molecule has 0 saturated heterocycles. The van der Waals surface area contributed by atoms with E-state index in [0.29, 0.717) is 18.5 Å². The molecule has 1 aromatic rings. The van der Waals surface area contributed by atoms with Gasteiger partial charge in [0, 0.05) is 31.1 Å². The van der Waals surface area contributed by atoms with Crippen LogP contribution in [0.4, 0.5) is 0 Å². The Morgan fingerprint density at radius 3 is 2.55 bits per heavy atom. The molecule has 0 bridgehead atoms. The van der Waals surface area contributed by atoms with Gasteiger partial charge in [-0.1, -0.05) is 13.8 Å². The molecular formula is C16H25N3O. The largest absolute Gasteiger partial charge is 0.351 e. The molecule has 0 spiro atoms. The van der Waals surface area contributed by atoms with Gasteiger partial charge >= 0.3 is 0 Å². The molecule has 0 aliphatic carbocycles. The number of nitrogens with zero attached hydrogens (tertiary/aromatic N) is 2. The van der Waals surface area contributed by atoms with Crippen LogP contribution in [0.15, 0.2) is 30.6 Å². The Balaban J connectivity index is 2.43. The van der Waals surface area contributed by atoms with Crippen LogP contribution < -0.4 is 5.32 Å². The second kappa shape index (κ2) is 8.48. The number of hydrogen-bond acceptors (Lipinski definition) is 3. The van der Waals surface area contributed by atoms with Crippen molar-refractivity contribution in [2.24, 2.45) is 5.92 Å². The summed E-state index contributed by atoms with van der Waals surface area (Å²) in [7, 11) is 4.10. The lowest BCUT2D eigenvalue weighted by Gasteiger charge is -2.26. The number of carbonyl (C=O) groups is 1. The Morgan fingerprint density at radius 1 is 1.35 bits per heavy atom. The highest BCUT2D eigenvalue weighted by Gasteiger charge is 2.13. The first-order chi connectivity index (χ1) is 9.49. The van der Waals surface area contributed by atoms with Crippen LogP contribution in [-0.2, 0) is 4.79 Å². The van der Waals surface area contributed by atoms with E-state index in [1.165, 1.54) is 0 Å². The quantitative estimate of drug-likeness (QED) is 0.776. The zero-order valence-electron chi connectivity index (χ0n) is 12.8. The second-order valence-corrected chi connectivity index (χ2v) is 5.61. The summed E-state index contributed by atoms with van der Waals surface area (Å²) < 4.78 is 0. The molecule has 0 aromatic carbocycles. The standard InChI is InChI=1S/C16H25N3O/c1-13(2)11-15(19(3)4)12-18-16(20)6-5-14-7-9-17-10-8-14/h5-10,13,15H,11-12H2,1-4H3,(H,18,20)/b6-5-/t15-/m1/s1. The molecular weight excluding hydrogens is 250 g/mol. The van der Waals surface area contributed by atoms with Crippen molar-refractivity contribution in [1.82, 2.24) is 15.2 Å². The van der Waals surface area contributed by atoms with Gasteiger partial charge in [0.1, 0.15) is 0 Å². The fourth-order valence-electron chi connectivity index (χ4n) is 1.94. The highest BCUT2D eigenvalue weighted by atomic mass is 16.1. The summed E-state index contributed by atoms with van der Waals surface area (Å²) in [6, 6.07) is 4.10. The highest BCUT2D eigenvalue weighted by Crippen LogP contribution is 2.08. The Labute approximate surface area is 121 Å². The molecule has 0 aliphatic rings. The van der Waals surface area contributed by atoms with Gasteiger partial charge in [0.05, 0.1) is 0 Å². The summed E-state index contributed by atoms with van der Waals surface area (Å²) in [5, 5.41) is 2.96. The van der Waals surface area contributed by atoms with Gasteiger partial charge in [0.25, 0.3) is 0 Å². The summed E-state index contributed by atoms with van der Waals surface area (Å²) in [5.74, 6) is 0.559. The Morgan fingerprint density at radius 2 is 2.00 bits per heavy atom. The summed E-state index contributed by atoms with van der Waals surface area (Å²) in [5.41, 5.74) is 0.974. The van der Waals surface area contributed by atoms with Crippen molar-refractivity contribution in [3.63, 3.8) is 0 Å². The van der Waals surface area contributed by atoms with Crippen molar-refractivity contribution in [1.29, 1.82) is 0 Å². The maximum Gasteiger partial charge on any atom is 0.244 e. The van der Waals surface area contributed by atoms with Gasteiger partial charge in [-0.05, 0) is 50.2 Å². The average Bonchev–Trinajstić information content (AvgIpc) is 2.41. The van der Waals surface area contributed by atoms with E-state index >= 15 is 0 Å². The Kier molecular flexibility index (Phi) is 6.94. The lowest BCUT2D eigenvalue weighted by atomic mass is 10.0. The monoisotopic (exact) mass is 275 g/mol. The van der Waals surface area contributed by atoms with Crippen molar-refractivity contribution in [3.8, 4) is 0 Å². The van der Waals surface area contributed by atoms with E-state index < -0.39 is 0 Å². The number of nitrogens with one attached hydrogen (secondary N) is 1. The highest BCUT2D eigenvalue weighted by molar-refractivity contribution is 5.91. The maximum absolute atomic E-state index is 11.8. The Bertz CT molecular complexity index is 427. The molecule has 110 valence electrons. The smallest absolute Gasteiger partial charge is 0.244 e. The summed E-state index contributed by atoms with van der Waals surface area (Å²) >= 11 is 0. The third-order valence-corrected chi connectivity index (χ3v) is 3.12. The predicted octanol–water partition coefficient (Wildman–Crippen LogP) is 2.19. The fourth-order valence-corrected chi connectivity index (χ4v) is 1.94. The lowest BCUT2D eigenvalue weighted by molar-refractivity contribution is -0.116. The van der Waals surface area contributed by atoms with E-state index in [-0.39, 0.29) is 5.91 Å². The van der Waals surface area contributed by atoms with E-state index in [9.17, 15) is 4.79 Å². The van der Waals surface area contributed by atoms with Crippen molar-refractivity contribution < 1.29 is 4.79 Å². The molecule has 0 radical (unpaired) electrons. The molecule has 0 saturated carbocycles. The summed E-state index contributed by atoms with van der Waals surface area (Å²) in [6.07, 6.45) is 7.85. The first-order valence-electron chi connectivity index (χ1n) is 7.01. The van der Waals surface area contributed by atoms with E-state index in [1.807, 2.05) is 26.2 Å². The average molecular weight is 275 g/mol. The molecule has 1 aromatic heterocycles. The molecule has 0 fully saturated rings. The molecule has 0 aliphatic heterocycles. The van der Waals surface area contributed by atoms with Crippen molar-refractivity contribution in [3.05, 3.63) is 36.2 Å². The van der Waals surface area contributed by atoms with Gasteiger partial charge in [-0.15, -0.1) is 0 Å². The number of rotatable bonds is 7. The summed E-state index contributed by atoms with van der Waals surface area (Å²) in [6.45, 7) is 5.06. The Hall–Kier alpha value is -1.68. The number of pyridine rings is 1. The van der Waals surface area contributed by atoms with Gasteiger partial charge < -0.3 is 10.2 Å². The lowest BCUT2D eigenvalue weighted by Crippen LogP contribution is -2.40. The van der Waals surface area contributed by atoms with Crippen LogP contribution in [0.25, 0.3) is 6.08 Å². The number of aromatic nitrogens is 1. The number of amides is 1. The number of likely N-dealkylation sites (N-methyl/N-ethyl adjacent to an activating group) is 1. The van der Waals surface area contributed by atoms with Crippen LogP contribution in [0.2, 0.25) is 0 Å². The number of carbonyl (C=O) groups excluding carboxylic acids is 1. The molecule has 1 heterocycles. The van der Waals surface area contributed by atoms with E-state index in [1.54, 1.807) is 24.5 Å². The fraction of sp³-hybridized carbons (Fsp3) is 0.500. The van der Waals surface area contributed by atoms with Gasteiger partial charge in [-0.2, -0.15) is 0 Å². The summed E-state index contributed by atoms with van der Waals surface area (Å²) in [4.78, 5) is 17.9. The zero-order chi connectivity index (χ0) is 15.0. The van der Waals surface area contributed by atoms with E-state index in [2.05, 4.69) is 29.0 Å². The van der Waals surface area contributed by atoms with Gasteiger partial charge in [0.2, 0.25) is 5.91 Å².